The van der Waals surface area contributed by atoms with Crippen LogP contribution in [-0.2, 0) is 13.5 Å². The summed E-state index contributed by atoms with van der Waals surface area (Å²) in [5, 5.41) is 16.7. The number of nitrogens with zero attached hydrogens (tertiary/aromatic N) is 6. The Morgan fingerprint density at radius 1 is 1.29 bits per heavy atom. The number of carbonyl (C=O) groups excluding carboxylic acids is 1. The maximum atomic E-state index is 13.0. The predicted molar refractivity (Wildman–Crippen MR) is 104 cm³/mol. The van der Waals surface area contributed by atoms with Gasteiger partial charge < -0.3 is 5.32 Å². The zero-order valence-corrected chi connectivity index (χ0v) is 15.9. The van der Waals surface area contributed by atoms with E-state index in [1.54, 1.807) is 4.68 Å². The highest BCUT2D eigenvalue weighted by atomic mass is 16.1. The fraction of sp³-hybridized carbons (Fsp3) is 0.350. The Balaban J connectivity index is 1.39. The summed E-state index contributed by atoms with van der Waals surface area (Å²) >= 11 is 0. The molecule has 0 atom stereocenters. The number of carbonyl (C=O) groups is 1. The van der Waals surface area contributed by atoms with Crippen LogP contribution in [0.5, 0.6) is 0 Å². The third kappa shape index (κ3) is 2.81. The highest BCUT2D eigenvalue weighted by molar-refractivity contribution is 6.06. The number of nitrogens with one attached hydrogen (secondary N) is 1. The minimum Gasteiger partial charge on any atom is -0.352 e. The summed E-state index contributed by atoms with van der Waals surface area (Å²) in [6, 6.07) is 7.72. The lowest BCUT2D eigenvalue weighted by atomic mass is 10.1. The number of hydrogen-bond donors (Lipinski definition) is 1. The van der Waals surface area contributed by atoms with E-state index in [0.717, 1.165) is 46.7 Å². The van der Waals surface area contributed by atoms with Crippen LogP contribution in [0.15, 0.2) is 30.5 Å². The Labute approximate surface area is 161 Å². The molecule has 1 aliphatic rings. The van der Waals surface area contributed by atoms with Crippen LogP contribution >= 0.6 is 0 Å². The van der Waals surface area contributed by atoms with Gasteiger partial charge in [-0.1, -0.05) is 6.07 Å². The van der Waals surface area contributed by atoms with E-state index in [1.807, 2.05) is 48.8 Å². The standard InChI is InChI=1S/C20H21N7O/c1-12-18-14(11-15(13-6-7-13)22-19(18)26(2)25-12)20(28)21-9-8-17-24-23-16-5-3-4-10-27(16)17/h3-5,10-11,13H,6-9H2,1-2H3,(H,21,28). The molecule has 28 heavy (non-hydrogen) atoms. The van der Waals surface area contributed by atoms with Crippen LogP contribution in [-0.4, -0.2) is 41.8 Å². The SMILES string of the molecule is Cc1nn(C)c2nc(C3CC3)cc(C(=O)NCCc3nnc4ccccn34)c12. The molecule has 8 nitrogen and oxygen atoms in total. The average molecular weight is 375 g/mol. The summed E-state index contributed by atoms with van der Waals surface area (Å²) in [7, 11) is 1.87. The van der Waals surface area contributed by atoms with Crippen molar-refractivity contribution in [3.8, 4) is 0 Å². The molecule has 1 amide bonds. The first-order valence-electron chi connectivity index (χ1n) is 9.53. The minimum atomic E-state index is -0.0979. The van der Waals surface area contributed by atoms with Gasteiger partial charge in [0.05, 0.1) is 16.6 Å². The van der Waals surface area contributed by atoms with Gasteiger partial charge in [-0.3, -0.25) is 13.9 Å². The van der Waals surface area contributed by atoms with Gasteiger partial charge in [0.25, 0.3) is 5.91 Å². The van der Waals surface area contributed by atoms with Gasteiger partial charge >= 0.3 is 0 Å². The van der Waals surface area contributed by atoms with Crippen LogP contribution in [0.1, 0.15) is 46.3 Å². The number of rotatable bonds is 5. The molecule has 0 spiro atoms. The molecule has 0 unspecified atom stereocenters. The van der Waals surface area contributed by atoms with Crippen LogP contribution in [0, 0.1) is 6.92 Å². The van der Waals surface area contributed by atoms with Crippen molar-refractivity contribution in [1.29, 1.82) is 0 Å². The summed E-state index contributed by atoms with van der Waals surface area (Å²) in [4.78, 5) is 17.7. The van der Waals surface area contributed by atoms with Gasteiger partial charge in [-0.2, -0.15) is 5.10 Å². The van der Waals surface area contributed by atoms with Gasteiger partial charge in [-0.15, -0.1) is 10.2 Å². The first kappa shape index (κ1) is 16.9. The van der Waals surface area contributed by atoms with E-state index in [-0.39, 0.29) is 5.91 Å². The lowest BCUT2D eigenvalue weighted by Gasteiger charge is -2.09. The van der Waals surface area contributed by atoms with E-state index in [0.29, 0.717) is 24.4 Å². The van der Waals surface area contributed by atoms with Crippen LogP contribution in [0.2, 0.25) is 0 Å². The minimum absolute atomic E-state index is 0.0979. The molecule has 1 N–H and O–H groups in total. The predicted octanol–water partition coefficient (Wildman–Crippen LogP) is 2.17. The number of aromatic nitrogens is 6. The van der Waals surface area contributed by atoms with Gasteiger partial charge in [0.1, 0.15) is 5.82 Å². The quantitative estimate of drug-likeness (QED) is 0.577. The van der Waals surface area contributed by atoms with E-state index in [1.165, 1.54) is 0 Å². The zero-order valence-electron chi connectivity index (χ0n) is 15.9. The summed E-state index contributed by atoms with van der Waals surface area (Å²) in [5.74, 6) is 1.19. The van der Waals surface area contributed by atoms with Crippen molar-refractivity contribution in [2.24, 2.45) is 7.05 Å². The molecular formula is C20H21N7O. The zero-order chi connectivity index (χ0) is 19.3. The Hall–Kier alpha value is -3.29. The Bertz CT molecular complexity index is 1200. The van der Waals surface area contributed by atoms with E-state index in [4.69, 9.17) is 4.98 Å². The highest BCUT2D eigenvalue weighted by Crippen LogP contribution is 2.40. The molecule has 142 valence electrons. The molecule has 0 radical (unpaired) electrons. The van der Waals surface area contributed by atoms with Crippen molar-refractivity contribution in [2.45, 2.75) is 32.1 Å². The maximum absolute atomic E-state index is 13.0. The van der Waals surface area contributed by atoms with Crippen molar-refractivity contribution in [3.05, 3.63) is 53.2 Å². The van der Waals surface area contributed by atoms with Gasteiger partial charge in [-0.05, 0) is 38.0 Å². The van der Waals surface area contributed by atoms with Crippen LogP contribution in [0.3, 0.4) is 0 Å². The second kappa shape index (κ2) is 6.40. The van der Waals surface area contributed by atoms with Gasteiger partial charge in [0.2, 0.25) is 0 Å². The van der Waals surface area contributed by atoms with E-state index < -0.39 is 0 Å². The van der Waals surface area contributed by atoms with Gasteiger partial charge in [-0.25, -0.2) is 4.98 Å². The first-order chi connectivity index (χ1) is 13.6. The second-order valence-corrected chi connectivity index (χ2v) is 7.33. The fourth-order valence-corrected chi connectivity index (χ4v) is 3.68. The molecule has 4 aromatic heterocycles. The number of fused-ring (bicyclic) bond motifs is 2. The third-order valence-electron chi connectivity index (χ3n) is 5.25. The molecule has 4 aromatic rings. The Kier molecular flexibility index (Phi) is 3.85. The smallest absolute Gasteiger partial charge is 0.252 e. The summed E-state index contributed by atoms with van der Waals surface area (Å²) in [6.07, 6.45) is 4.80. The summed E-state index contributed by atoms with van der Waals surface area (Å²) in [6.45, 7) is 2.40. The molecule has 0 aliphatic heterocycles. The summed E-state index contributed by atoms with van der Waals surface area (Å²) in [5.41, 5.74) is 4.05. The number of pyridine rings is 2. The van der Waals surface area contributed by atoms with Crippen LogP contribution < -0.4 is 5.32 Å². The molecule has 8 heteroatoms. The van der Waals surface area contributed by atoms with Crippen LogP contribution in [0.25, 0.3) is 16.7 Å². The molecular weight excluding hydrogens is 354 g/mol. The largest absolute Gasteiger partial charge is 0.352 e. The molecule has 1 saturated carbocycles. The monoisotopic (exact) mass is 375 g/mol. The van der Waals surface area contributed by atoms with E-state index in [2.05, 4.69) is 20.6 Å². The lowest BCUT2D eigenvalue weighted by molar-refractivity contribution is 0.0955. The van der Waals surface area contributed by atoms with Crippen molar-refractivity contribution < 1.29 is 4.79 Å². The van der Waals surface area contributed by atoms with E-state index >= 15 is 0 Å². The topological polar surface area (TPSA) is 90.0 Å². The molecule has 0 bridgehead atoms. The molecule has 0 aromatic carbocycles. The van der Waals surface area contributed by atoms with Crippen molar-refractivity contribution in [3.63, 3.8) is 0 Å². The summed E-state index contributed by atoms with van der Waals surface area (Å²) < 4.78 is 3.70. The first-order valence-corrected chi connectivity index (χ1v) is 9.53. The molecule has 1 aliphatic carbocycles. The second-order valence-electron chi connectivity index (χ2n) is 7.33. The maximum Gasteiger partial charge on any atom is 0.252 e. The van der Waals surface area contributed by atoms with Crippen molar-refractivity contribution in [2.75, 3.05) is 6.54 Å². The normalized spacial score (nSPS) is 14.1. The van der Waals surface area contributed by atoms with Gasteiger partial charge in [0, 0.05) is 37.8 Å². The number of hydrogen-bond acceptors (Lipinski definition) is 5. The van der Waals surface area contributed by atoms with Crippen molar-refractivity contribution >= 4 is 22.6 Å². The van der Waals surface area contributed by atoms with Crippen molar-refractivity contribution in [1.82, 2.24) is 34.7 Å². The van der Waals surface area contributed by atoms with Gasteiger partial charge in [0.15, 0.2) is 11.3 Å². The molecule has 4 heterocycles. The third-order valence-corrected chi connectivity index (χ3v) is 5.25. The number of aryl methyl sites for hydroxylation is 2. The Morgan fingerprint density at radius 3 is 2.96 bits per heavy atom. The molecule has 0 saturated heterocycles. The highest BCUT2D eigenvalue weighted by Gasteiger charge is 2.28. The fourth-order valence-electron chi connectivity index (χ4n) is 3.68. The van der Waals surface area contributed by atoms with Crippen LogP contribution in [0.4, 0.5) is 0 Å². The molecule has 1 fully saturated rings. The Morgan fingerprint density at radius 2 is 2.14 bits per heavy atom. The lowest BCUT2D eigenvalue weighted by Crippen LogP contribution is -2.26. The number of amides is 1. The van der Waals surface area contributed by atoms with E-state index in [9.17, 15) is 4.79 Å². The average Bonchev–Trinajstić information content (AvgIpc) is 3.41. The molecule has 5 rings (SSSR count).